The molecule has 0 unspecified atom stereocenters. The highest BCUT2D eigenvalue weighted by Gasteiger charge is 2.28. The molecule has 0 saturated carbocycles. The number of sulfonamides is 2. The highest BCUT2D eigenvalue weighted by atomic mass is 35.5. The van der Waals surface area contributed by atoms with E-state index in [0.29, 0.717) is 18.5 Å². The number of fused-ring (bicyclic) bond motifs is 1. The molecule has 0 spiro atoms. The minimum absolute atomic E-state index is 0.128. The summed E-state index contributed by atoms with van der Waals surface area (Å²) in [5.41, 5.74) is 2.91. The molecule has 1 heterocycles. The van der Waals surface area contributed by atoms with Crippen LogP contribution in [0.15, 0.2) is 70.5 Å². The zero-order valence-electron chi connectivity index (χ0n) is 17.0. The van der Waals surface area contributed by atoms with Crippen molar-refractivity contribution < 1.29 is 21.2 Å². The fraction of sp³-hybridized carbons (Fsp3) is 0.182. The van der Waals surface area contributed by atoms with Crippen LogP contribution < -0.4 is 4.72 Å². The summed E-state index contributed by atoms with van der Waals surface area (Å²) in [6, 6.07) is 14.8. The Morgan fingerprint density at radius 1 is 0.906 bits per heavy atom. The van der Waals surface area contributed by atoms with E-state index in [-0.39, 0.29) is 27.0 Å². The first-order valence-corrected chi connectivity index (χ1v) is 13.0. The van der Waals surface area contributed by atoms with Crippen molar-refractivity contribution in [1.29, 1.82) is 0 Å². The van der Waals surface area contributed by atoms with E-state index in [1.807, 2.05) is 6.92 Å². The van der Waals surface area contributed by atoms with Crippen LogP contribution in [0.4, 0.5) is 10.1 Å². The lowest BCUT2D eigenvalue weighted by atomic mass is 10.0. The summed E-state index contributed by atoms with van der Waals surface area (Å²) in [6.07, 6.45) is 0.515. The van der Waals surface area contributed by atoms with Crippen molar-refractivity contribution in [2.75, 3.05) is 11.3 Å². The molecule has 1 N–H and O–H groups in total. The quantitative estimate of drug-likeness (QED) is 0.572. The first-order valence-electron chi connectivity index (χ1n) is 9.73. The molecule has 0 saturated heterocycles. The van der Waals surface area contributed by atoms with Gasteiger partial charge in [-0.25, -0.2) is 21.2 Å². The van der Waals surface area contributed by atoms with Gasteiger partial charge in [-0.1, -0.05) is 35.4 Å². The molecular formula is C22H20ClFN2O4S2. The Hall–Kier alpha value is -2.46. The molecule has 3 aromatic rings. The zero-order valence-corrected chi connectivity index (χ0v) is 19.4. The lowest BCUT2D eigenvalue weighted by Gasteiger charge is -2.28. The number of benzene rings is 3. The highest BCUT2D eigenvalue weighted by molar-refractivity contribution is 7.92. The van der Waals surface area contributed by atoms with Crippen molar-refractivity contribution >= 4 is 37.3 Å². The Kier molecular flexibility index (Phi) is 6.02. The Bertz CT molecular complexity index is 1390. The molecular weight excluding hydrogens is 475 g/mol. The van der Waals surface area contributed by atoms with Gasteiger partial charge in [-0.15, -0.1) is 0 Å². The molecule has 1 aliphatic heterocycles. The molecule has 10 heteroatoms. The molecule has 3 aromatic carbocycles. The molecule has 0 atom stereocenters. The fourth-order valence-corrected chi connectivity index (χ4v) is 6.26. The monoisotopic (exact) mass is 494 g/mol. The lowest BCUT2D eigenvalue weighted by molar-refractivity contribution is 0.391. The van der Waals surface area contributed by atoms with Gasteiger partial charge < -0.3 is 0 Å². The Morgan fingerprint density at radius 2 is 1.59 bits per heavy atom. The minimum atomic E-state index is -4.00. The summed E-state index contributed by atoms with van der Waals surface area (Å²) in [5.74, 6) is -0.714. The number of hydrogen-bond acceptors (Lipinski definition) is 4. The summed E-state index contributed by atoms with van der Waals surface area (Å²) >= 11 is 5.71. The van der Waals surface area contributed by atoms with E-state index >= 15 is 0 Å². The fourth-order valence-electron chi connectivity index (χ4n) is 3.52. The standard InChI is InChI=1S/C22H20ClFN2O4S2/c1-15-2-6-19(7-3-15)32(29,30)26-11-10-16-4-5-18(12-17(16)14-26)25-31(27,28)20-8-9-22(24)21(23)13-20/h2-9,12-13,25H,10-11,14H2,1H3. The molecule has 0 radical (unpaired) electrons. The van der Waals surface area contributed by atoms with Crippen LogP contribution in [0, 0.1) is 12.7 Å². The van der Waals surface area contributed by atoms with Crippen molar-refractivity contribution in [3.8, 4) is 0 Å². The molecule has 0 bridgehead atoms. The van der Waals surface area contributed by atoms with E-state index in [9.17, 15) is 21.2 Å². The van der Waals surface area contributed by atoms with Gasteiger partial charge in [-0.3, -0.25) is 4.72 Å². The molecule has 0 amide bonds. The number of halogens is 2. The van der Waals surface area contributed by atoms with Gasteiger partial charge in [0.1, 0.15) is 5.82 Å². The van der Waals surface area contributed by atoms with Crippen molar-refractivity contribution in [3.63, 3.8) is 0 Å². The Balaban J connectivity index is 1.59. The molecule has 168 valence electrons. The summed E-state index contributed by atoms with van der Waals surface area (Å²) in [4.78, 5) is 0.0433. The maximum atomic E-state index is 13.4. The average Bonchev–Trinajstić information content (AvgIpc) is 2.75. The summed E-state index contributed by atoms with van der Waals surface area (Å²) in [5, 5.41) is -0.296. The minimum Gasteiger partial charge on any atom is -0.280 e. The van der Waals surface area contributed by atoms with Crippen LogP contribution in [0.1, 0.15) is 16.7 Å². The van der Waals surface area contributed by atoms with Crippen LogP contribution in [-0.4, -0.2) is 27.7 Å². The van der Waals surface area contributed by atoms with Gasteiger partial charge in [-0.2, -0.15) is 4.31 Å². The predicted molar refractivity (Wildman–Crippen MR) is 121 cm³/mol. The normalized spacial score (nSPS) is 14.7. The number of nitrogens with one attached hydrogen (secondary N) is 1. The van der Waals surface area contributed by atoms with E-state index in [1.165, 1.54) is 4.31 Å². The Morgan fingerprint density at radius 3 is 2.28 bits per heavy atom. The van der Waals surface area contributed by atoms with Crippen LogP contribution in [0.2, 0.25) is 5.02 Å². The largest absolute Gasteiger partial charge is 0.280 e. The van der Waals surface area contributed by atoms with Gasteiger partial charge in [0.2, 0.25) is 10.0 Å². The van der Waals surface area contributed by atoms with E-state index in [0.717, 1.165) is 29.3 Å². The average molecular weight is 495 g/mol. The van der Waals surface area contributed by atoms with E-state index in [2.05, 4.69) is 4.72 Å². The van der Waals surface area contributed by atoms with Crippen LogP contribution in [0.3, 0.4) is 0 Å². The van der Waals surface area contributed by atoms with E-state index in [1.54, 1.807) is 42.5 Å². The van der Waals surface area contributed by atoms with Crippen LogP contribution in [-0.2, 0) is 33.0 Å². The van der Waals surface area contributed by atoms with Crippen LogP contribution in [0.5, 0.6) is 0 Å². The SMILES string of the molecule is Cc1ccc(S(=O)(=O)N2CCc3ccc(NS(=O)(=O)c4ccc(F)c(Cl)c4)cc3C2)cc1. The zero-order chi connectivity index (χ0) is 23.1. The molecule has 32 heavy (non-hydrogen) atoms. The van der Waals surface area contributed by atoms with Crippen molar-refractivity contribution in [2.45, 2.75) is 29.7 Å². The molecule has 1 aliphatic rings. The van der Waals surface area contributed by atoms with Gasteiger partial charge in [-0.05, 0) is 66.9 Å². The third-order valence-electron chi connectivity index (χ3n) is 5.30. The number of aryl methyl sites for hydroxylation is 1. The summed E-state index contributed by atoms with van der Waals surface area (Å²) in [7, 11) is -7.68. The summed E-state index contributed by atoms with van der Waals surface area (Å²) in [6.45, 7) is 2.35. The van der Waals surface area contributed by atoms with Crippen molar-refractivity contribution in [2.24, 2.45) is 0 Å². The van der Waals surface area contributed by atoms with E-state index in [4.69, 9.17) is 11.6 Å². The summed E-state index contributed by atoms with van der Waals surface area (Å²) < 4.78 is 68.6. The second-order valence-electron chi connectivity index (χ2n) is 7.57. The van der Waals surface area contributed by atoms with Gasteiger partial charge in [0, 0.05) is 18.8 Å². The molecule has 0 aliphatic carbocycles. The maximum absolute atomic E-state index is 13.4. The second-order valence-corrected chi connectivity index (χ2v) is 11.6. The topological polar surface area (TPSA) is 83.6 Å². The molecule has 0 aromatic heterocycles. The Labute approximate surface area is 191 Å². The van der Waals surface area contributed by atoms with Gasteiger partial charge >= 0.3 is 0 Å². The molecule has 4 rings (SSSR count). The lowest BCUT2D eigenvalue weighted by Crippen LogP contribution is -2.36. The van der Waals surface area contributed by atoms with Gasteiger partial charge in [0.25, 0.3) is 10.0 Å². The highest BCUT2D eigenvalue weighted by Crippen LogP contribution is 2.28. The first-order chi connectivity index (χ1) is 15.1. The van der Waals surface area contributed by atoms with Crippen molar-refractivity contribution in [1.82, 2.24) is 4.31 Å². The molecule has 6 nitrogen and oxygen atoms in total. The van der Waals surface area contributed by atoms with Gasteiger partial charge in [0.05, 0.1) is 14.8 Å². The van der Waals surface area contributed by atoms with Crippen molar-refractivity contribution in [3.05, 3.63) is 88.2 Å². The predicted octanol–water partition coefficient (Wildman–Crippen LogP) is 4.34. The number of nitrogens with zero attached hydrogens (tertiary/aromatic N) is 1. The van der Waals surface area contributed by atoms with Gasteiger partial charge in [0.15, 0.2) is 0 Å². The maximum Gasteiger partial charge on any atom is 0.261 e. The second kappa shape index (κ2) is 8.47. The molecule has 0 fully saturated rings. The third-order valence-corrected chi connectivity index (χ3v) is 8.82. The van der Waals surface area contributed by atoms with Crippen LogP contribution >= 0.6 is 11.6 Å². The van der Waals surface area contributed by atoms with Crippen LogP contribution in [0.25, 0.3) is 0 Å². The first kappa shape index (κ1) is 22.7. The smallest absolute Gasteiger partial charge is 0.261 e. The van der Waals surface area contributed by atoms with E-state index < -0.39 is 25.9 Å². The number of hydrogen-bond donors (Lipinski definition) is 1. The number of anilines is 1. The number of rotatable bonds is 5. The third kappa shape index (κ3) is 4.52.